The number of carbonyl (C=O) groups is 4. The number of hydrogen-bond donors (Lipinski definition) is 6. The number of nitrogens with two attached hydrogens (primary N) is 1. The Morgan fingerprint density at radius 2 is 1.74 bits per heavy atom. The normalized spacial score (nSPS) is 11.8. The largest absolute Gasteiger partial charge is 0.444 e. The van der Waals surface area contributed by atoms with Crippen LogP contribution in [-0.2, 0) is 37.0 Å². The Labute approximate surface area is 253 Å². The van der Waals surface area contributed by atoms with E-state index in [9.17, 15) is 19.2 Å². The summed E-state index contributed by atoms with van der Waals surface area (Å²) in [5.74, 6) is -0.210. The first-order valence-electron chi connectivity index (χ1n) is 14.1. The summed E-state index contributed by atoms with van der Waals surface area (Å²) >= 11 is 0. The lowest BCUT2D eigenvalue weighted by molar-refractivity contribution is -0.762. The maximum absolute atomic E-state index is 13.1. The van der Waals surface area contributed by atoms with Crippen LogP contribution in [-0.4, -0.2) is 77.2 Å². The van der Waals surface area contributed by atoms with E-state index in [2.05, 4.69) is 36.8 Å². The zero-order chi connectivity index (χ0) is 32.5. The van der Waals surface area contributed by atoms with Crippen molar-refractivity contribution in [2.75, 3.05) is 26.7 Å². The first kappa shape index (κ1) is 36.9. The number of aromatic nitrogens is 4. The molecule has 2 aromatic rings. The molecule has 4 amide bonds. The lowest BCUT2D eigenvalue weighted by Crippen LogP contribution is -2.57. The van der Waals surface area contributed by atoms with E-state index < -0.39 is 29.2 Å². The van der Waals surface area contributed by atoms with Crippen LogP contribution < -0.4 is 31.7 Å². The Bertz CT molecular complexity index is 1130. The number of likely N-dealkylation sites (N-methyl/N-ethyl adjacent to an activating group) is 1. The van der Waals surface area contributed by atoms with Gasteiger partial charge in [-0.2, -0.15) is 4.68 Å². The number of H-pyrrole nitrogens is 1. The van der Waals surface area contributed by atoms with Gasteiger partial charge in [0.05, 0.1) is 26.3 Å². The predicted octanol–water partition coefficient (Wildman–Crippen LogP) is 0.377. The maximum atomic E-state index is 13.1. The van der Waals surface area contributed by atoms with Gasteiger partial charge in [0.15, 0.2) is 5.21 Å². The number of alkyl carbamates (subject to hydrolysis) is 1. The van der Waals surface area contributed by atoms with Gasteiger partial charge in [-0.25, -0.2) is 4.79 Å². The van der Waals surface area contributed by atoms with E-state index in [0.29, 0.717) is 38.4 Å². The van der Waals surface area contributed by atoms with Crippen molar-refractivity contribution >= 4 is 23.8 Å². The number of tetrazole rings is 1. The number of benzene rings is 1. The third-order valence-electron chi connectivity index (χ3n) is 5.62. The maximum Gasteiger partial charge on any atom is 0.408 e. The first-order valence-corrected chi connectivity index (χ1v) is 14.1. The predicted molar refractivity (Wildman–Crippen MR) is 158 cm³/mol. The molecule has 1 aromatic carbocycles. The van der Waals surface area contributed by atoms with Gasteiger partial charge in [0, 0.05) is 13.5 Å². The van der Waals surface area contributed by atoms with E-state index in [1.54, 1.807) is 46.2 Å². The molecule has 1 heterocycles. The Balaban J connectivity index is 0.000000790. The second-order valence-corrected chi connectivity index (χ2v) is 11.0. The topological polar surface area (TPSA) is 206 Å². The number of carbonyl (C=O) groups excluding carboxylic acids is 4. The van der Waals surface area contributed by atoms with Crippen molar-refractivity contribution in [2.45, 2.75) is 84.7 Å². The van der Waals surface area contributed by atoms with Crippen LogP contribution in [0.1, 0.15) is 71.8 Å². The molecular formula is C28H48N9O6+. The van der Waals surface area contributed by atoms with Crippen LogP contribution in [0.15, 0.2) is 30.3 Å². The SMILES string of the molecule is CC(C)(C)OC(=O)NC(C)(C)C(=O)N[C@H](COCc1ccccc1)c1nn[nH][n+]1CCCN.CCC(=O)NCC(=O)NC. The Morgan fingerprint density at radius 1 is 1.07 bits per heavy atom. The zero-order valence-electron chi connectivity index (χ0n) is 26.3. The number of aryl methyl sites for hydroxylation is 1. The minimum atomic E-state index is -1.24. The summed E-state index contributed by atoms with van der Waals surface area (Å²) in [4.78, 5) is 46.4. The minimum Gasteiger partial charge on any atom is -0.444 e. The summed E-state index contributed by atoms with van der Waals surface area (Å²) in [6.07, 6.45) is 0.439. The summed E-state index contributed by atoms with van der Waals surface area (Å²) in [5, 5.41) is 21.2. The molecule has 1 atom stereocenters. The molecule has 15 heteroatoms. The molecule has 0 spiro atoms. The molecule has 7 N–H and O–H groups in total. The van der Waals surface area contributed by atoms with Crippen LogP contribution in [0.25, 0.3) is 0 Å². The van der Waals surface area contributed by atoms with Crippen LogP contribution in [0, 0.1) is 0 Å². The van der Waals surface area contributed by atoms with Crippen LogP contribution in [0.2, 0.25) is 0 Å². The number of nitrogens with one attached hydrogen (secondary N) is 5. The molecule has 240 valence electrons. The van der Waals surface area contributed by atoms with Crippen molar-refractivity contribution in [3.63, 3.8) is 0 Å². The highest BCUT2D eigenvalue weighted by molar-refractivity contribution is 5.89. The highest BCUT2D eigenvalue weighted by Crippen LogP contribution is 2.13. The van der Waals surface area contributed by atoms with E-state index in [4.69, 9.17) is 15.2 Å². The second kappa shape index (κ2) is 18.4. The molecule has 0 aliphatic rings. The van der Waals surface area contributed by atoms with E-state index in [1.807, 2.05) is 30.3 Å². The second-order valence-electron chi connectivity index (χ2n) is 11.0. The fraction of sp³-hybridized carbons (Fsp3) is 0.607. The minimum absolute atomic E-state index is 0.0726. The standard InChI is InChI=1S/C22H35N7O4.C6H12N2O2/c1-21(2,3)33-20(31)25-22(4,5)19(30)24-17(15-32-14-16-10-7-6-8-11-16)18-26-27-28-29(18)13-9-12-23;1-3-5(9)8-4-6(10)7-2/h6-8,10-11,17H,9,12-15,23H2,1-5H3,(H2,24,25,30,31);3-4H2,1-2H3,(H,7,10)(H,8,9)/p+1/t17-;/m1./s1. The van der Waals surface area contributed by atoms with Gasteiger partial charge < -0.3 is 36.5 Å². The highest BCUT2D eigenvalue weighted by atomic mass is 16.6. The van der Waals surface area contributed by atoms with Gasteiger partial charge in [0.25, 0.3) is 0 Å². The smallest absolute Gasteiger partial charge is 0.408 e. The van der Waals surface area contributed by atoms with Crippen molar-refractivity contribution in [1.82, 2.24) is 36.8 Å². The third-order valence-corrected chi connectivity index (χ3v) is 5.62. The summed E-state index contributed by atoms with van der Waals surface area (Å²) < 4.78 is 12.9. The molecule has 0 fully saturated rings. The number of aromatic amines is 1. The average molecular weight is 607 g/mol. The van der Waals surface area contributed by atoms with Crippen LogP contribution in [0.4, 0.5) is 4.79 Å². The van der Waals surface area contributed by atoms with Crippen molar-refractivity contribution < 1.29 is 33.3 Å². The lowest BCUT2D eigenvalue weighted by atomic mass is 10.0. The van der Waals surface area contributed by atoms with Gasteiger partial charge in [-0.1, -0.05) is 42.5 Å². The summed E-state index contributed by atoms with van der Waals surface area (Å²) in [7, 11) is 1.53. The molecule has 0 unspecified atom stereocenters. The molecule has 0 radical (unpaired) electrons. The molecule has 2 rings (SSSR count). The van der Waals surface area contributed by atoms with Crippen molar-refractivity contribution in [3.8, 4) is 0 Å². The number of nitrogens with zero attached hydrogens (tertiary/aromatic N) is 3. The van der Waals surface area contributed by atoms with Gasteiger partial charge >= 0.3 is 11.9 Å². The van der Waals surface area contributed by atoms with Gasteiger partial charge in [-0.15, -0.1) is 0 Å². The fourth-order valence-electron chi connectivity index (χ4n) is 3.30. The summed E-state index contributed by atoms with van der Waals surface area (Å²) in [5.41, 5.74) is 4.71. The number of rotatable bonds is 14. The van der Waals surface area contributed by atoms with Gasteiger partial charge in [-0.3, -0.25) is 14.4 Å². The van der Waals surface area contributed by atoms with Crippen molar-refractivity contribution in [1.29, 1.82) is 0 Å². The number of hydrogen-bond acceptors (Lipinski definition) is 9. The van der Waals surface area contributed by atoms with Crippen molar-refractivity contribution in [3.05, 3.63) is 41.7 Å². The van der Waals surface area contributed by atoms with Gasteiger partial charge in [0.1, 0.15) is 22.3 Å². The van der Waals surface area contributed by atoms with E-state index >= 15 is 0 Å². The molecule has 0 aliphatic heterocycles. The fourth-order valence-corrected chi connectivity index (χ4v) is 3.30. The van der Waals surface area contributed by atoms with Crippen LogP contribution in [0.5, 0.6) is 0 Å². The van der Waals surface area contributed by atoms with Crippen molar-refractivity contribution in [2.24, 2.45) is 5.73 Å². The zero-order valence-corrected chi connectivity index (χ0v) is 26.3. The monoisotopic (exact) mass is 606 g/mol. The molecule has 43 heavy (non-hydrogen) atoms. The lowest BCUT2D eigenvalue weighted by Gasteiger charge is -2.28. The molecule has 0 aliphatic carbocycles. The molecule has 0 saturated heterocycles. The van der Waals surface area contributed by atoms with E-state index in [-0.39, 0.29) is 25.0 Å². The third kappa shape index (κ3) is 15.1. The molecule has 15 nitrogen and oxygen atoms in total. The molecule has 1 aromatic heterocycles. The molecule has 0 bridgehead atoms. The first-order chi connectivity index (χ1) is 20.2. The summed E-state index contributed by atoms with van der Waals surface area (Å²) in [6.45, 7) is 11.8. The summed E-state index contributed by atoms with van der Waals surface area (Å²) in [6, 6.07) is 9.10. The van der Waals surface area contributed by atoms with Gasteiger partial charge in [0.2, 0.25) is 17.7 Å². The quantitative estimate of drug-likeness (QED) is 0.164. The van der Waals surface area contributed by atoms with Crippen LogP contribution in [0.3, 0.4) is 0 Å². The molecular weight excluding hydrogens is 558 g/mol. The Hall–Kier alpha value is -4.11. The van der Waals surface area contributed by atoms with Gasteiger partial charge in [-0.05, 0) is 53.1 Å². The Morgan fingerprint density at radius 3 is 2.33 bits per heavy atom. The molecule has 0 saturated carbocycles. The number of amides is 4. The van der Waals surface area contributed by atoms with E-state index in [0.717, 1.165) is 5.56 Å². The Kier molecular flexibility index (Phi) is 15.8. The van der Waals surface area contributed by atoms with Crippen LogP contribution >= 0.6 is 0 Å². The highest BCUT2D eigenvalue weighted by Gasteiger charge is 2.36. The van der Waals surface area contributed by atoms with E-state index in [1.165, 1.54) is 7.05 Å². The number of ether oxygens (including phenoxy) is 2. The average Bonchev–Trinajstić information content (AvgIpc) is 3.41.